The topological polar surface area (TPSA) is 81.9 Å². The average Bonchev–Trinajstić information content (AvgIpc) is 2.67. The summed E-state index contributed by atoms with van der Waals surface area (Å²) in [5.41, 5.74) is 2.20. The monoisotopic (exact) mass is 365 g/mol. The maximum atomic E-state index is 12.9. The highest BCUT2D eigenvalue weighted by molar-refractivity contribution is 5.95. The van der Waals surface area contributed by atoms with Gasteiger partial charge in [0.15, 0.2) is 11.5 Å². The Morgan fingerprint density at radius 1 is 1.15 bits per heavy atom. The molecule has 3 heterocycles. The van der Waals surface area contributed by atoms with Crippen LogP contribution in [0.5, 0.6) is 11.5 Å². The Labute approximate surface area is 155 Å². The van der Waals surface area contributed by atoms with Gasteiger partial charge in [0.05, 0.1) is 19.8 Å². The van der Waals surface area contributed by atoms with Crippen LogP contribution in [0.4, 0.5) is 5.82 Å². The van der Waals surface area contributed by atoms with Gasteiger partial charge in [0, 0.05) is 24.1 Å². The Balaban J connectivity index is 2.03. The van der Waals surface area contributed by atoms with Gasteiger partial charge in [-0.3, -0.25) is 14.0 Å². The van der Waals surface area contributed by atoms with Gasteiger partial charge in [-0.1, -0.05) is 18.2 Å². The van der Waals surface area contributed by atoms with Crippen LogP contribution in [0.1, 0.15) is 29.0 Å². The van der Waals surface area contributed by atoms with Crippen LogP contribution in [0.3, 0.4) is 0 Å². The van der Waals surface area contributed by atoms with Crippen molar-refractivity contribution in [3.63, 3.8) is 0 Å². The summed E-state index contributed by atoms with van der Waals surface area (Å²) in [4.78, 5) is 29.7. The Kier molecular flexibility index (Phi) is 4.07. The predicted molar refractivity (Wildman–Crippen MR) is 101 cm³/mol. The third-order valence-corrected chi connectivity index (χ3v) is 4.90. The number of anilines is 1. The first kappa shape index (κ1) is 17.1. The highest BCUT2D eigenvalue weighted by Gasteiger charge is 2.34. The van der Waals surface area contributed by atoms with Crippen LogP contribution >= 0.6 is 0 Å². The molecule has 7 nitrogen and oxygen atoms in total. The molecule has 4 rings (SSSR count). The standard InChI is InChI=1S/C20H19N3O4/c1-11-6-5-9-23-18(11)22-20(25)16-13(10-15(24)21-19(16)23)12-7-4-8-14(26-2)17(12)27-3/h4-9,13H,10H2,1-3H3,(H,21,24)/t13-/m0/s1. The van der Waals surface area contributed by atoms with E-state index in [0.717, 1.165) is 11.1 Å². The van der Waals surface area contributed by atoms with Crippen molar-refractivity contribution in [3.05, 3.63) is 63.6 Å². The van der Waals surface area contributed by atoms with Gasteiger partial charge in [0.1, 0.15) is 11.5 Å². The van der Waals surface area contributed by atoms with Crippen molar-refractivity contribution in [2.75, 3.05) is 19.5 Å². The van der Waals surface area contributed by atoms with Crippen LogP contribution in [-0.4, -0.2) is 29.5 Å². The number of hydrogen-bond acceptors (Lipinski definition) is 5. The number of hydrogen-bond donors (Lipinski definition) is 1. The van der Waals surface area contributed by atoms with E-state index in [-0.39, 0.29) is 17.9 Å². The molecule has 1 aliphatic rings. The largest absolute Gasteiger partial charge is 0.493 e. The fraction of sp³-hybridized carbons (Fsp3) is 0.250. The number of fused-ring (bicyclic) bond motifs is 3. The Morgan fingerprint density at radius 3 is 2.70 bits per heavy atom. The first-order chi connectivity index (χ1) is 13.0. The van der Waals surface area contributed by atoms with E-state index < -0.39 is 5.92 Å². The highest BCUT2D eigenvalue weighted by Crippen LogP contribution is 2.42. The van der Waals surface area contributed by atoms with Crippen LogP contribution < -0.4 is 20.3 Å². The molecule has 7 heteroatoms. The average molecular weight is 365 g/mol. The maximum absolute atomic E-state index is 12.9. The Morgan fingerprint density at radius 2 is 1.96 bits per heavy atom. The van der Waals surface area contributed by atoms with Gasteiger partial charge in [-0.2, -0.15) is 4.98 Å². The lowest BCUT2D eigenvalue weighted by Crippen LogP contribution is -2.32. The molecule has 1 aromatic carbocycles. The molecule has 1 aliphatic heterocycles. The number of aryl methyl sites for hydroxylation is 1. The van der Waals surface area contributed by atoms with Gasteiger partial charge in [-0.05, 0) is 24.6 Å². The zero-order chi connectivity index (χ0) is 19.1. The lowest BCUT2D eigenvalue weighted by Gasteiger charge is -2.27. The minimum atomic E-state index is -0.476. The number of nitrogens with one attached hydrogen (secondary N) is 1. The first-order valence-corrected chi connectivity index (χ1v) is 8.57. The van der Waals surface area contributed by atoms with Crippen molar-refractivity contribution in [2.45, 2.75) is 19.3 Å². The van der Waals surface area contributed by atoms with E-state index in [9.17, 15) is 9.59 Å². The number of rotatable bonds is 3. The normalized spacial score (nSPS) is 16.0. The van der Waals surface area contributed by atoms with Crippen LogP contribution in [0.2, 0.25) is 0 Å². The van der Waals surface area contributed by atoms with Gasteiger partial charge in [0.25, 0.3) is 5.56 Å². The third kappa shape index (κ3) is 2.63. The molecule has 0 saturated heterocycles. The molecule has 0 bridgehead atoms. The van der Waals surface area contributed by atoms with Gasteiger partial charge >= 0.3 is 0 Å². The Bertz CT molecular complexity index is 1120. The molecule has 0 spiro atoms. The summed E-state index contributed by atoms with van der Waals surface area (Å²) in [5, 5.41) is 2.85. The molecule has 27 heavy (non-hydrogen) atoms. The third-order valence-electron chi connectivity index (χ3n) is 4.90. The molecule has 138 valence electrons. The second-order valence-electron chi connectivity index (χ2n) is 6.45. The summed E-state index contributed by atoms with van der Waals surface area (Å²) < 4.78 is 12.7. The molecule has 0 fully saturated rings. The lowest BCUT2D eigenvalue weighted by molar-refractivity contribution is -0.116. The number of carbonyl (C=O) groups excluding carboxylic acids is 1. The van der Waals surface area contributed by atoms with E-state index in [2.05, 4.69) is 10.3 Å². The van der Waals surface area contributed by atoms with Gasteiger partial charge in [-0.25, -0.2) is 0 Å². The minimum Gasteiger partial charge on any atom is -0.493 e. The molecule has 0 aliphatic carbocycles. The summed E-state index contributed by atoms with van der Waals surface area (Å²) in [6.07, 6.45) is 1.92. The zero-order valence-electron chi connectivity index (χ0n) is 15.3. The maximum Gasteiger partial charge on any atom is 0.279 e. The SMILES string of the molecule is COc1cccc([C@@H]2CC(=O)Nc3c2c(=O)nc2c(C)cccn32)c1OC. The van der Waals surface area contributed by atoms with E-state index in [1.54, 1.807) is 30.9 Å². The van der Waals surface area contributed by atoms with Crippen molar-refractivity contribution in [1.29, 1.82) is 0 Å². The van der Waals surface area contributed by atoms with Crippen LogP contribution in [0.25, 0.3) is 5.65 Å². The number of para-hydroxylation sites is 1. The molecular formula is C20H19N3O4. The molecule has 0 saturated carbocycles. The molecule has 2 aromatic heterocycles. The van der Waals surface area contributed by atoms with Crippen molar-refractivity contribution in [2.24, 2.45) is 0 Å². The molecule has 0 radical (unpaired) electrons. The fourth-order valence-corrected chi connectivity index (χ4v) is 3.68. The predicted octanol–water partition coefficient (Wildman–Crippen LogP) is 2.49. The van der Waals surface area contributed by atoms with Crippen molar-refractivity contribution >= 4 is 17.4 Å². The summed E-state index contributed by atoms with van der Waals surface area (Å²) in [6, 6.07) is 9.18. The number of pyridine rings is 1. The van der Waals surface area contributed by atoms with Gasteiger partial charge in [-0.15, -0.1) is 0 Å². The van der Waals surface area contributed by atoms with Crippen molar-refractivity contribution < 1.29 is 14.3 Å². The number of aromatic nitrogens is 2. The van der Waals surface area contributed by atoms with Gasteiger partial charge in [0.2, 0.25) is 5.91 Å². The summed E-state index contributed by atoms with van der Waals surface area (Å²) >= 11 is 0. The summed E-state index contributed by atoms with van der Waals surface area (Å²) in [6.45, 7) is 1.88. The summed E-state index contributed by atoms with van der Waals surface area (Å²) in [7, 11) is 3.09. The fourth-order valence-electron chi connectivity index (χ4n) is 3.68. The van der Waals surface area contributed by atoms with E-state index in [1.165, 1.54) is 0 Å². The molecule has 1 atom stereocenters. The number of nitrogens with zero attached hydrogens (tertiary/aromatic N) is 2. The first-order valence-electron chi connectivity index (χ1n) is 8.57. The second kappa shape index (κ2) is 6.42. The summed E-state index contributed by atoms with van der Waals surface area (Å²) in [5.74, 6) is 0.876. The van der Waals surface area contributed by atoms with Crippen molar-refractivity contribution in [1.82, 2.24) is 9.38 Å². The van der Waals surface area contributed by atoms with E-state index >= 15 is 0 Å². The lowest BCUT2D eigenvalue weighted by atomic mass is 9.86. The molecule has 1 amide bonds. The smallest absolute Gasteiger partial charge is 0.279 e. The molecule has 3 aromatic rings. The van der Waals surface area contributed by atoms with E-state index in [4.69, 9.17) is 9.47 Å². The number of ether oxygens (including phenoxy) is 2. The molecule has 0 unspecified atom stereocenters. The number of benzene rings is 1. The number of amides is 1. The van der Waals surface area contributed by atoms with Crippen LogP contribution in [0, 0.1) is 6.92 Å². The van der Waals surface area contributed by atoms with Gasteiger partial charge < -0.3 is 14.8 Å². The molecular weight excluding hydrogens is 346 g/mol. The Hall–Kier alpha value is -3.35. The highest BCUT2D eigenvalue weighted by atomic mass is 16.5. The molecule has 1 N–H and O–H groups in total. The second-order valence-corrected chi connectivity index (χ2v) is 6.45. The van der Waals surface area contributed by atoms with Crippen LogP contribution in [-0.2, 0) is 4.79 Å². The number of carbonyl (C=O) groups is 1. The van der Waals surface area contributed by atoms with Crippen molar-refractivity contribution in [3.8, 4) is 11.5 Å². The quantitative estimate of drug-likeness (QED) is 0.771. The minimum absolute atomic E-state index is 0.130. The van der Waals surface area contributed by atoms with Crippen LogP contribution in [0.15, 0.2) is 41.3 Å². The number of methoxy groups -OCH3 is 2. The zero-order valence-corrected chi connectivity index (χ0v) is 15.3. The van der Waals surface area contributed by atoms with E-state index in [0.29, 0.717) is 28.5 Å². The van der Waals surface area contributed by atoms with E-state index in [1.807, 2.05) is 31.2 Å².